The Bertz CT molecular complexity index is 846. The standard InChI is InChI=1S/C16H18N2O6S/c1-3-5-6-12(16(21)22)17-14(19)10-7-8-11-13(9-10)25(23,24)18(4-2)15(11)20/h3,7-9,12H,1,4-6H2,2H3,(H,17,19)(H,21,22). The third-order valence-corrected chi connectivity index (χ3v) is 5.72. The molecular weight excluding hydrogens is 348 g/mol. The van der Waals surface area contributed by atoms with E-state index in [0.717, 1.165) is 10.4 Å². The van der Waals surface area contributed by atoms with Crippen molar-refractivity contribution in [2.75, 3.05) is 6.54 Å². The monoisotopic (exact) mass is 366 g/mol. The van der Waals surface area contributed by atoms with Crippen molar-refractivity contribution in [3.8, 4) is 0 Å². The van der Waals surface area contributed by atoms with Crippen molar-refractivity contribution < 1.29 is 27.9 Å². The van der Waals surface area contributed by atoms with Gasteiger partial charge in [-0.1, -0.05) is 6.08 Å². The summed E-state index contributed by atoms with van der Waals surface area (Å²) in [7, 11) is -3.99. The van der Waals surface area contributed by atoms with E-state index in [1.165, 1.54) is 25.1 Å². The minimum atomic E-state index is -3.99. The molecule has 1 aliphatic rings. The molecular formula is C16H18N2O6S. The Kier molecular flexibility index (Phi) is 5.27. The lowest BCUT2D eigenvalue weighted by molar-refractivity contribution is -0.139. The third kappa shape index (κ3) is 3.41. The van der Waals surface area contributed by atoms with E-state index in [0.29, 0.717) is 6.42 Å². The molecule has 0 bridgehead atoms. The predicted octanol–water partition coefficient (Wildman–Crippen LogP) is 1.00. The van der Waals surface area contributed by atoms with Gasteiger partial charge in [-0.3, -0.25) is 9.59 Å². The molecule has 134 valence electrons. The average molecular weight is 366 g/mol. The molecule has 25 heavy (non-hydrogen) atoms. The third-order valence-electron chi connectivity index (χ3n) is 3.82. The molecule has 0 spiro atoms. The van der Waals surface area contributed by atoms with Gasteiger partial charge in [0.05, 0.1) is 5.56 Å². The highest BCUT2D eigenvalue weighted by Crippen LogP contribution is 2.30. The van der Waals surface area contributed by atoms with E-state index in [-0.39, 0.29) is 29.0 Å². The van der Waals surface area contributed by atoms with E-state index >= 15 is 0 Å². The van der Waals surface area contributed by atoms with Crippen molar-refractivity contribution >= 4 is 27.8 Å². The molecule has 8 nitrogen and oxygen atoms in total. The quantitative estimate of drug-likeness (QED) is 0.695. The molecule has 2 N–H and O–H groups in total. The number of allylic oxidation sites excluding steroid dienone is 1. The van der Waals surface area contributed by atoms with Crippen LogP contribution in [0, 0.1) is 0 Å². The molecule has 1 atom stereocenters. The van der Waals surface area contributed by atoms with Gasteiger partial charge in [-0.2, -0.15) is 0 Å². The number of rotatable bonds is 7. The van der Waals surface area contributed by atoms with E-state index in [1.54, 1.807) is 0 Å². The zero-order valence-corrected chi connectivity index (χ0v) is 14.4. The van der Waals surface area contributed by atoms with Crippen LogP contribution < -0.4 is 5.32 Å². The van der Waals surface area contributed by atoms with Crippen LogP contribution in [0.4, 0.5) is 0 Å². The normalized spacial score (nSPS) is 16.2. The van der Waals surface area contributed by atoms with Crippen LogP contribution in [-0.2, 0) is 14.8 Å². The van der Waals surface area contributed by atoms with Crippen LogP contribution in [0.5, 0.6) is 0 Å². The van der Waals surface area contributed by atoms with Crippen LogP contribution in [0.1, 0.15) is 40.5 Å². The second-order valence-corrected chi connectivity index (χ2v) is 7.25. The minimum absolute atomic E-state index is 0.000146. The number of sulfonamides is 1. The van der Waals surface area contributed by atoms with Gasteiger partial charge >= 0.3 is 5.97 Å². The maximum absolute atomic E-state index is 12.3. The van der Waals surface area contributed by atoms with Gasteiger partial charge in [0.15, 0.2) is 0 Å². The molecule has 0 aromatic heterocycles. The van der Waals surface area contributed by atoms with Gasteiger partial charge in [0, 0.05) is 12.1 Å². The molecule has 9 heteroatoms. The fourth-order valence-electron chi connectivity index (χ4n) is 2.51. The SMILES string of the molecule is C=CCCC(NC(=O)c1ccc2c(c1)S(=O)(=O)N(CC)C2=O)C(=O)O. The highest BCUT2D eigenvalue weighted by Gasteiger charge is 2.40. The van der Waals surface area contributed by atoms with Gasteiger partial charge in [-0.05, 0) is 38.0 Å². The van der Waals surface area contributed by atoms with Crippen molar-refractivity contribution in [2.45, 2.75) is 30.7 Å². The Balaban J connectivity index is 2.31. The lowest BCUT2D eigenvalue weighted by Gasteiger charge is -2.14. The van der Waals surface area contributed by atoms with Crippen LogP contribution in [0.25, 0.3) is 0 Å². The Labute approximate surface area is 145 Å². The summed E-state index contributed by atoms with van der Waals surface area (Å²) in [5, 5.41) is 11.5. The summed E-state index contributed by atoms with van der Waals surface area (Å²) in [4.78, 5) is 35.3. The second kappa shape index (κ2) is 7.06. The number of nitrogens with one attached hydrogen (secondary N) is 1. The molecule has 1 heterocycles. The van der Waals surface area contributed by atoms with Crippen LogP contribution in [0.2, 0.25) is 0 Å². The van der Waals surface area contributed by atoms with Crippen LogP contribution in [0.15, 0.2) is 35.7 Å². The first-order chi connectivity index (χ1) is 11.7. The van der Waals surface area contributed by atoms with Crippen LogP contribution in [0.3, 0.4) is 0 Å². The summed E-state index contributed by atoms with van der Waals surface area (Å²) in [6.45, 7) is 5.02. The lowest BCUT2D eigenvalue weighted by Crippen LogP contribution is -2.40. The van der Waals surface area contributed by atoms with Crippen molar-refractivity contribution in [3.05, 3.63) is 42.0 Å². The number of carbonyl (C=O) groups excluding carboxylic acids is 2. The number of carboxylic acids is 1. The molecule has 1 aromatic carbocycles. The van der Waals surface area contributed by atoms with Gasteiger partial charge in [-0.15, -0.1) is 6.58 Å². The zero-order chi connectivity index (χ0) is 18.8. The van der Waals surface area contributed by atoms with Crippen molar-refractivity contribution in [1.82, 2.24) is 9.62 Å². The molecule has 1 aliphatic heterocycles. The molecule has 0 saturated carbocycles. The van der Waals surface area contributed by atoms with Gasteiger partial charge in [0.1, 0.15) is 10.9 Å². The lowest BCUT2D eigenvalue weighted by atomic mass is 10.1. The summed E-state index contributed by atoms with van der Waals surface area (Å²) >= 11 is 0. The maximum Gasteiger partial charge on any atom is 0.326 e. The molecule has 2 amide bonds. The highest BCUT2D eigenvalue weighted by atomic mass is 32.2. The zero-order valence-electron chi connectivity index (χ0n) is 13.6. The molecule has 2 rings (SSSR count). The molecule has 0 radical (unpaired) electrons. The van der Waals surface area contributed by atoms with Gasteiger partial charge in [-0.25, -0.2) is 17.5 Å². The first-order valence-corrected chi connectivity index (χ1v) is 9.03. The number of amides is 2. The smallest absolute Gasteiger partial charge is 0.326 e. The van der Waals surface area contributed by atoms with Crippen molar-refractivity contribution in [2.24, 2.45) is 0 Å². The number of aliphatic carboxylic acids is 1. The predicted molar refractivity (Wildman–Crippen MR) is 88.7 cm³/mol. The van der Waals surface area contributed by atoms with E-state index < -0.39 is 33.8 Å². The summed E-state index contributed by atoms with van der Waals surface area (Å²) in [5.74, 6) is -2.56. The van der Waals surface area contributed by atoms with Gasteiger partial charge < -0.3 is 10.4 Å². The van der Waals surface area contributed by atoms with E-state index in [1.807, 2.05) is 0 Å². The summed E-state index contributed by atoms with van der Waals surface area (Å²) in [6.07, 6.45) is 2.10. The molecule has 1 unspecified atom stereocenters. The highest BCUT2D eigenvalue weighted by molar-refractivity contribution is 7.90. The van der Waals surface area contributed by atoms with E-state index in [9.17, 15) is 22.8 Å². The Morgan fingerprint density at radius 3 is 2.64 bits per heavy atom. The minimum Gasteiger partial charge on any atom is -0.480 e. The van der Waals surface area contributed by atoms with E-state index in [2.05, 4.69) is 11.9 Å². The van der Waals surface area contributed by atoms with E-state index in [4.69, 9.17) is 5.11 Å². The molecule has 1 aromatic rings. The maximum atomic E-state index is 12.3. The fourth-order valence-corrected chi connectivity index (χ4v) is 4.12. The Hall–Kier alpha value is -2.68. The number of benzene rings is 1. The number of nitrogens with zero attached hydrogens (tertiary/aromatic N) is 1. The molecule has 0 saturated heterocycles. The summed E-state index contributed by atoms with van der Waals surface area (Å²) in [6, 6.07) is 2.54. The van der Waals surface area contributed by atoms with Crippen LogP contribution >= 0.6 is 0 Å². The number of carbonyl (C=O) groups is 3. The second-order valence-electron chi connectivity index (χ2n) is 5.42. The number of hydrogen-bond acceptors (Lipinski definition) is 5. The molecule has 0 fully saturated rings. The van der Waals surface area contributed by atoms with Gasteiger partial charge in [0.2, 0.25) is 0 Å². The van der Waals surface area contributed by atoms with Crippen molar-refractivity contribution in [3.63, 3.8) is 0 Å². The Morgan fingerprint density at radius 2 is 2.08 bits per heavy atom. The first-order valence-electron chi connectivity index (χ1n) is 7.59. The first kappa shape index (κ1) is 18.7. The van der Waals surface area contributed by atoms with Crippen molar-refractivity contribution in [1.29, 1.82) is 0 Å². The largest absolute Gasteiger partial charge is 0.480 e. The topological polar surface area (TPSA) is 121 Å². The van der Waals surface area contributed by atoms with Crippen LogP contribution in [-0.4, -0.2) is 48.2 Å². The Morgan fingerprint density at radius 1 is 1.40 bits per heavy atom. The average Bonchev–Trinajstić information content (AvgIpc) is 2.76. The number of fused-ring (bicyclic) bond motifs is 1. The number of carboxylic acid groups (broad SMARTS) is 1. The number of hydrogen-bond donors (Lipinski definition) is 2. The molecule has 0 aliphatic carbocycles. The summed E-state index contributed by atoms with van der Waals surface area (Å²) < 4.78 is 25.4. The fraction of sp³-hybridized carbons (Fsp3) is 0.312. The van der Waals surface area contributed by atoms with Gasteiger partial charge in [0.25, 0.3) is 21.8 Å². The summed E-state index contributed by atoms with van der Waals surface area (Å²) in [5.41, 5.74) is -0.0298.